The van der Waals surface area contributed by atoms with Gasteiger partial charge in [-0.3, -0.25) is 33.8 Å². The Bertz CT molecular complexity index is 1680. The van der Waals surface area contributed by atoms with E-state index >= 15 is 0 Å². The van der Waals surface area contributed by atoms with Gasteiger partial charge in [0.05, 0.1) is 12.2 Å². The maximum absolute atomic E-state index is 14.5. The Hall–Kier alpha value is -5.21. The lowest BCUT2D eigenvalue weighted by Crippen LogP contribution is -2.62. The minimum Gasteiger partial charge on any atom is -0.480 e. The second kappa shape index (κ2) is 18.2. The first-order chi connectivity index (χ1) is 25.5. The van der Waals surface area contributed by atoms with Crippen LogP contribution in [0, 0.1) is 23.2 Å². The zero-order chi connectivity index (χ0) is 39.7. The molecular weight excluding hydrogens is 694 g/mol. The maximum atomic E-state index is 14.5. The fraction of sp³-hybridized carbons (Fsp3) is 0.564. The zero-order valence-electron chi connectivity index (χ0n) is 31.8. The van der Waals surface area contributed by atoms with Crippen molar-refractivity contribution in [3.63, 3.8) is 0 Å². The van der Waals surface area contributed by atoms with Crippen molar-refractivity contribution in [3.8, 4) is 0 Å². The number of Topliss-reactive ketones (excluding diaryl/α,β-unsaturated/α-hetero) is 1. The van der Waals surface area contributed by atoms with Crippen molar-refractivity contribution in [2.75, 3.05) is 6.54 Å². The number of carboxylic acid groups (broad SMARTS) is 1. The summed E-state index contributed by atoms with van der Waals surface area (Å²) in [5, 5.41) is 20.4. The number of nitrogens with zero attached hydrogens (tertiary/aromatic N) is 3. The molecule has 2 aliphatic rings. The second-order valence-electron chi connectivity index (χ2n) is 15.7. The normalized spacial score (nSPS) is 20.2. The van der Waals surface area contributed by atoms with E-state index < -0.39 is 76.9 Å². The molecule has 2 aromatic rings. The van der Waals surface area contributed by atoms with Gasteiger partial charge in [-0.05, 0) is 48.0 Å². The summed E-state index contributed by atoms with van der Waals surface area (Å²) >= 11 is 0. The van der Waals surface area contributed by atoms with Crippen LogP contribution in [0.1, 0.15) is 89.7 Å². The van der Waals surface area contributed by atoms with Crippen molar-refractivity contribution in [1.29, 1.82) is 0 Å². The number of carboxylic acids is 1. The van der Waals surface area contributed by atoms with Crippen LogP contribution in [0.25, 0.3) is 0 Å². The first kappa shape index (κ1) is 41.5. The average molecular weight is 748 g/mol. The Morgan fingerprint density at radius 1 is 0.926 bits per heavy atom. The molecular formula is C39H53N7O8. The smallest absolute Gasteiger partial charge is 0.326 e. The lowest BCUT2D eigenvalue weighted by Gasteiger charge is -2.37. The molecule has 5 N–H and O–H groups in total. The van der Waals surface area contributed by atoms with Crippen LogP contribution in [0.3, 0.4) is 0 Å². The Kier molecular flexibility index (Phi) is 14.0. The molecule has 5 amide bonds. The van der Waals surface area contributed by atoms with Crippen LogP contribution in [0.15, 0.2) is 48.9 Å². The van der Waals surface area contributed by atoms with E-state index in [-0.39, 0.29) is 42.8 Å². The molecule has 0 spiro atoms. The molecule has 1 saturated carbocycles. The van der Waals surface area contributed by atoms with E-state index in [0.29, 0.717) is 18.4 Å². The van der Waals surface area contributed by atoms with Gasteiger partial charge < -0.3 is 31.3 Å². The number of likely N-dealkylation sites (tertiary alicyclic amines) is 1. The number of hydrogen-bond acceptors (Lipinski definition) is 9. The number of carbonyl (C=O) groups excluding carboxylic acids is 6. The molecule has 2 fully saturated rings. The molecule has 7 atom stereocenters. The summed E-state index contributed by atoms with van der Waals surface area (Å²) in [6.07, 6.45) is 6.90. The molecule has 2 heterocycles. The summed E-state index contributed by atoms with van der Waals surface area (Å²) < 4.78 is 0. The van der Waals surface area contributed by atoms with Crippen LogP contribution in [-0.2, 0) is 35.2 Å². The van der Waals surface area contributed by atoms with E-state index in [4.69, 9.17) is 0 Å². The Labute approximate surface area is 315 Å². The van der Waals surface area contributed by atoms with Gasteiger partial charge >= 0.3 is 5.97 Å². The van der Waals surface area contributed by atoms with Gasteiger partial charge in [0.2, 0.25) is 23.5 Å². The largest absolute Gasteiger partial charge is 0.480 e. The van der Waals surface area contributed by atoms with E-state index in [1.807, 2.05) is 0 Å². The van der Waals surface area contributed by atoms with Crippen molar-refractivity contribution in [3.05, 3.63) is 60.2 Å². The summed E-state index contributed by atoms with van der Waals surface area (Å²) in [5.41, 5.74) is -0.131. The van der Waals surface area contributed by atoms with E-state index in [2.05, 4.69) is 31.2 Å². The van der Waals surface area contributed by atoms with Gasteiger partial charge in [0.25, 0.3) is 11.8 Å². The highest BCUT2D eigenvalue weighted by atomic mass is 16.4. The standard InChI is InChI=1S/C39H53N7O8/c1-7-12-26(31(47)36(51)43-27(38(53)54)19-23-13-9-8-10-14-23)42-35(50)30-25-16-11-15-24(25)21-46(30)37(52)32(39(4,5)6)45-34(49)29(22(2)3)44-33(48)28-20-40-17-18-41-28/h8-10,13-14,17-18,20,22,24-27,29-30,32H,7,11-12,15-16,19,21H2,1-6H3,(H,42,50)(H,43,51)(H,44,48)(H,45,49)(H,53,54)/t24-,25-,26?,27+,29+,30-,32?/m0/s1. The van der Waals surface area contributed by atoms with Crippen LogP contribution in [0.4, 0.5) is 0 Å². The molecule has 0 radical (unpaired) electrons. The monoisotopic (exact) mass is 747 g/mol. The number of amides is 5. The third-order valence-corrected chi connectivity index (χ3v) is 10.2. The van der Waals surface area contributed by atoms with Crippen LogP contribution in [0.2, 0.25) is 0 Å². The quantitative estimate of drug-likeness (QED) is 0.158. The van der Waals surface area contributed by atoms with Crippen LogP contribution in [0.5, 0.6) is 0 Å². The SMILES string of the molecule is CCCC(NC(=O)[C@@H]1[C@H]2CCC[C@H]2CN1C(=O)C(NC(=O)[C@H](NC(=O)c1cnccn1)C(C)C)C(C)(C)C)C(=O)C(=O)N[C@H](Cc1ccccc1)C(=O)O. The summed E-state index contributed by atoms with van der Waals surface area (Å²) in [6.45, 7) is 11.0. The van der Waals surface area contributed by atoms with Crippen LogP contribution in [-0.4, -0.2) is 98.0 Å². The number of aromatic nitrogens is 2. The van der Waals surface area contributed by atoms with Crippen molar-refractivity contribution in [2.45, 2.75) is 110 Å². The molecule has 0 bridgehead atoms. The van der Waals surface area contributed by atoms with Gasteiger partial charge in [-0.25, -0.2) is 9.78 Å². The fourth-order valence-electron chi connectivity index (χ4n) is 7.33. The Morgan fingerprint density at radius 3 is 2.22 bits per heavy atom. The Balaban J connectivity index is 1.52. The molecule has 1 saturated heterocycles. The van der Waals surface area contributed by atoms with Crippen molar-refractivity contribution in [2.24, 2.45) is 23.2 Å². The number of fused-ring (bicyclic) bond motifs is 1. The van der Waals surface area contributed by atoms with Gasteiger partial charge in [-0.1, -0.05) is 84.7 Å². The van der Waals surface area contributed by atoms with Crippen LogP contribution >= 0.6 is 0 Å². The molecule has 4 rings (SSSR count). The van der Waals surface area contributed by atoms with Gasteiger partial charge in [-0.2, -0.15) is 0 Å². The van der Waals surface area contributed by atoms with Crippen LogP contribution < -0.4 is 21.3 Å². The predicted molar refractivity (Wildman–Crippen MR) is 197 cm³/mol. The van der Waals surface area contributed by atoms with Gasteiger partial charge in [0.15, 0.2) is 0 Å². The molecule has 1 aliphatic carbocycles. The number of rotatable bonds is 16. The molecule has 15 heteroatoms. The summed E-state index contributed by atoms with van der Waals surface area (Å²) in [5.74, 6) is -6.20. The topological polar surface area (TPSA) is 217 Å². The molecule has 292 valence electrons. The molecule has 1 aromatic carbocycles. The minimum absolute atomic E-state index is 0.0219. The zero-order valence-corrected chi connectivity index (χ0v) is 31.8. The number of nitrogens with one attached hydrogen (secondary N) is 4. The average Bonchev–Trinajstić information content (AvgIpc) is 3.73. The predicted octanol–water partition coefficient (Wildman–Crippen LogP) is 2.06. The number of carbonyl (C=O) groups is 7. The molecule has 54 heavy (non-hydrogen) atoms. The van der Waals surface area contributed by atoms with Gasteiger partial charge in [-0.15, -0.1) is 0 Å². The van der Waals surface area contributed by atoms with Crippen molar-refractivity contribution >= 4 is 41.3 Å². The fourth-order valence-corrected chi connectivity index (χ4v) is 7.33. The third-order valence-electron chi connectivity index (χ3n) is 10.2. The number of aliphatic carboxylic acids is 1. The van der Waals surface area contributed by atoms with Crippen molar-refractivity contribution < 1.29 is 38.7 Å². The lowest BCUT2D eigenvalue weighted by molar-refractivity contribution is -0.147. The number of ketones is 1. The molecule has 1 aliphatic heterocycles. The first-order valence-electron chi connectivity index (χ1n) is 18.6. The lowest BCUT2D eigenvalue weighted by atomic mass is 9.85. The second-order valence-corrected chi connectivity index (χ2v) is 15.7. The van der Waals surface area contributed by atoms with Gasteiger partial charge in [0.1, 0.15) is 29.9 Å². The first-order valence-corrected chi connectivity index (χ1v) is 18.6. The summed E-state index contributed by atoms with van der Waals surface area (Å²) in [6, 6.07) is 2.98. The molecule has 2 unspecified atom stereocenters. The van der Waals surface area contributed by atoms with E-state index in [1.54, 1.807) is 71.9 Å². The van der Waals surface area contributed by atoms with Crippen molar-refractivity contribution in [1.82, 2.24) is 36.1 Å². The third kappa shape index (κ3) is 10.3. The molecule has 15 nitrogen and oxygen atoms in total. The highest BCUT2D eigenvalue weighted by Gasteiger charge is 2.52. The number of hydrogen-bond donors (Lipinski definition) is 5. The highest BCUT2D eigenvalue weighted by Crippen LogP contribution is 2.43. The van der Waals surface area contributed by atoms with E-state index in [1.165, 1.54) is 23.5 Å². The van der Waals surface area contributed by atoms with E-state index in [9.17, 15) is 38.7 Å². The summed E-state index contributed by atoms with van der Waals surface area (Å²) in [7, 11) is 0. The van der Waals surface area contributed by atoms with E-state index in [0.717, 1.165) is 12.8 Å². The Morgan fingerprint density at radius 2 is 1.63 bits per heavy atom. The molecule has 1 aromatic heterocycles. The highest BCUT2D eigenvalue weighted by molar-refractivity contribution is 6.38. The summed E-state index contributed by atoms with van der Waals surface area (Å²) in [4.78, 5) is 103. The number of benzene rings is 1. The maximum Gasteiger partial charge on any atom is 0.326 e. The minimum atomic E-state index is -1.37. The van der Waals surface area contributed by atoms with Gasteiger partial charge in [0, 0.05) is 25.4 Å².